The number of pyridine rings is 1. The van der Waals surface area contributed by atoms with Crippen molar-refractivity contribution in [1.29, 1.82) is 0 Å². The van der Waals surface area contributed by atoms with Crippen LogP contribution in [0.2, 0.25) is 5.02 Å². The summed E-state index contributed by atoms with van der Waals surface area (Å²) in [5.41, 5.74) is 1.34. The minimum atomic E-state index is -4.05. The molecule has 13 heteroatoms. The molecule has 8 nitrogen and oxygen atoms in total. The zero-order valence-corrected chi connectivity index (χ0v) is 23.1. The number of hydrogen-bond donors (Lipinski definition) is 0. The van der Waals surface area contributed by atoms with Crippen molar-refractivity contribution in [3.8, 4) is 5.75 Å². The lowest BCUT2D eigenvalue weighted by Gasteiger charge is -2.33. The van der Waals surface area contributed by atoms with Crippen molar-refractivity contribution in [3.63, 3.8) is 0 Å². The van der Waals surface area contributed by atoms with Crippen LogP contribution in [-0.2, 0) is 21.4 Å². The number of fused-ring (bicyclic) bond motifs is 1. The largest absolute Gasteiger partial charge is 0.494 e. The average Bonchev–Trinajstić information content (AvgIpc) is 3.40. The molecule has 1 fully saturated rings. The van der Waals surface area contributed by atoms with Gasteiger partial charge in [-0.15, -0.1) is 0 Å². The highest BCUT2D eigenvalue weighted by Gasteiger charge is 2.35. The van der Waals surface area contributed by atoms with E-state index < -0.39 is 27.6 Å². The van der Waals surface area contributed by atoms with Crippen LogP contribution in [0.4, 0.5) is 13.9 Å². The second-order valence-electron chi connectivity index (χ2n) is 8.96. The van der Waals surface area contributed by atoms with Crippen molar-refractivity contribution in [3.05, 3.63) is 77.1 Å². The Morgan fingerprint density at radius 1 is 1.18 bits per heavy atom. The molecule has 1 saturated heterocycles. The molecule has 0 N–H and O–H groups in total. The second-order valence-corrected chi connectivity index (χ2v) is 12.3. The van der Waals surface area contributed by atoms with Gasteiger partial charge in [-0.25, -0.2) is 22.2 Å². The highest BCUT2D eigenvalue weighted by atomic mass is 35.5. The molecule has 1 aliphatic heterocycles. The zero-order valence-electron chi connectivity index (χ0n) is 20.7. The summed E-state index contributed by atoms with van der Waals surface area (Å²) in [6, 6.07) is 9.54. The molecular formula is C26H23ClF2N4O4S2. The first-order valence-electron chi connectivity index (χ1n) is 12.0. The Labute approximate surface area is 232 Å². The molecule has 39 heavy (non-hydrogen) atoms. The summed E-state index contributed by atoms with van der Waals surface area (Å²) in [4.78, 5) is 24.0. The Balaban J connectivity index is 1.40. The van der Waals surface area contributed by atoms with E-state index in [0.29, 0.717) is 32.2 Å². The summed E-state index contributed by atoms with van der Waals surface area (Å²) < 4.78 is 60.4. The van der Waals surface area contributed by atoms with Crippen LogP contribution in [-0.4, -0.2) is 48.8 Å². The van der Waals surface area contributed by atoms with E-state index in [1.54, 1.807) is 35.5 Å². The predicted molar refractivity (Wildman–Crippen MR) is 144 cm³/mol. The fraction of sp³-hybridized carbons (Fsp3) is 0.269. The van der Waals surface area contributed by atoms with Gasteiger partial charge in [-0.3, -0.25) is 14.7 Å². The van der Waals surface area contributed by atoms with Crippen LogP contribution in [0.5, 0.6) is 5.75 Å². The van der Waals surface area contributed by atoms with Crippen molar-refractivity contribution < 1.29 is 26.7 Å². The number of piperidine rings is 1. The number of rotatable bonds is 7. The molecule has 3 heterocycles. The van der Waals surface area contributed by atoms with Crippen LogP contribution >= 0.6 is 22.9 Å². The van der Waals surface area contributed by atoms with Crippen LogP contribution in [0.3, 0.4) is 0 Å². The van der Waals surface area contributed by atoms with Crippen LogP contribution in [0, 0.1) is 17.6 Å². The summed E-state index contributed by atoms with van der Waals surface area (Å²) in [6.45, 7) is 0.315. The molecule has 0 spiro atoms. The Morgan fingerprint density at radius 3 is 2.62 bits per heavy atom. The number of anilines is 1. The molecule has 5 rings (SSSR count). The van der Waals surface area contributed by atoms with Crippen LogP contribution < -0.4 is 9.64 Å². The Morgan fingerprint density at radius 2 is 1.95 bits per heavy atom. The maximum absolute atomic E-state index is 13.9. The first-order chi connectivity index (χ1) is 18.7. The van der Waals surface area contributed by atoms with E-state index in [4.69, 9.17) is 16.3 Å². The molecule has 0 radical (unpaired) electrons. The molecule has 2 aromatic heterocycles. The third-order valence-electron chi connectivity index (χ3n) is 6.56. The number of aromatic nitrogens is 2. The lowest BCUT2D eigenvalue weighted by atomic mass is 9.96. The van der Waals surface area contributed by atoms with Crippen molar-refractivity contribution >= 4 is 54.2 Å². The number of hydrogen-bond acceptors (Lipinski definition) is 7. The molecular weight excluding hydrogens is 570 g/mol. The van der Waals surface area contributed by atoms with Gasteiger partial charge in [0.2, 0.25) is 15.9 Å². The van der Waals surface area contributed by atoms with Gasteiger partial charge in [-0.1, -0.05) is 29.0 Å². The van der Waals surface area contributed by atoms with E-state index in [0.717, 1.165) is 17.7 Å². The van der Waals surface area contributed by atoms with Crippen LogP contribution in [0.15, 0.2) is 59.8 Å². The minimum Gasteiger partial charge on any atom is -0.494 e. The lowest BCUT2D eigenvalue weighted by molar-refractivity contribution is -0.123. The van der Waals surface area contributed by atoms with Gasteiger partial charge < -0.3 is 4.74 Å². The molecule has 0 atom stereocenters. The molecule has 0 bridgehead atoms. The van der Waals surface area contributed by atoms with Gasteiger partial charge in [0.05, 0.1) is 28.3 Å². The van der Waals surface area contributed by atoms with E-state index in [9.17, 15) is 22.0 Å². The summed E-state index contributed by atoms with van der Waals surface area (Å²) in [5, 5.41) is 0.918. The van der Waals surface area contributed by atoms with Crippen molar-refractivity contribution in [1.82, 2.24) is 14.3 Å². The third kappa shape index (κ3) is 5.46. The average molecular weight is 593 g/mol. The van der Waals surface area contributed by atoms with Gasteiger partial charge in [0.25, 0.3) is 0 Å². The number of amides is 1. The highest BCUT2D eigenvalue weighted by molar-refractivity contribution is 7.89. The quantitative estimate of drug-likeness (QED) is 0.290. The second kappa shape index (κ2) is 11.1. The molecule has 1 amide bonds. The number of thiazole rings is 1. The number of carbonyl (C=O) groups excluding carboxylic acids is 1. The number of methoxy groups -OCH3 is 1. The maximum Gasteiger partial charge on any atom is 0.243 e. The van der Waals surface area contributed by atoms with Gasteiger partial charge in [0, 0.05) is 31.4 Å². The SMILES string of the molecule is COc1ccc(Cl)c2sc(N(Cc3cccnc3)C(=O)C3CCN(S(=O)(=O)c4ccc(F)c(F)c4)CC3)nc12. The van der Waals surface area contributed by atoms with Crippen LogP contribution in [0.1, 0.15) is 18.4 Å². The number of benzene rings is 2. The number of ether oxygens (including phenoxy) is 1. The third-order valence-corrected chi connectivity index (χ3v) is 9.99. The maximum atomic E-state index is 13.9. The fourth-order valence-electron chi connectivity index (χ4n) is 4.49. The molecule has 204 valence electrons. The van der Waals surface area contributed by atoms with Crippen molar-refractivity contribution in [2.45, 2.75) is 24.3 Å². The van der Waals surface area contributed by atoms with E-state index in [1.807, 2.05) is 6.07 Å². The van der Waals surface area contributed by atoms with Crippen molar-refractivity contribution in [2.75, 3.05) is 25.1 Å². The highest BCUT2D eigenvalue weighted by Crippen LogP contribution is 2.40. The molecule has 1 aliphatic rings. The predicted octanol–water partition coefficient (Wildman–Crippen LogP) is 5.27. The number of carbonyl (C=O) groups is 1. The van der Waals surface area contributed by atoms with Gasteiger partial charge >= 0.3 is 0 Å². The number of sulfonamides is 1. The summed E-state index contributed by atoms with van der Waals surface area (Å²) in [7, 11) is -2.52. The fourth-order valence-corrected chi connectivity index (χ4v) is 7.23. The Bertz CT molecular complexity index is 1630. The molecule has 0 unspecified atom stereocenters. The monoisotopic (exact) mass is 592 g/mol. The zero-order chi connectivity index (χ0) is 27.7. The lowest BCUT2D eigenvalue weighted by Crippen LogP contribution is -2.44. The number of nitrogens with zero attached hydrogens (tertiary/aromatic N) is 4. The molecule has 2 aromatic carbocycles. The van der Waals surface area contributed by atoms with Gasteiger partial charge in [0.1, 0.15) is 11.3 Å². The van der Waals surface area contributed by atoms with E-state index in [-0.39, 0.29) is 43.3 Å². The van der Waals surface area contributed by atoms with Crippen molar-refractivity contribution in [2.24, 2.45) is 5.92 Å². The first kappa shape index (κ1) is 27.4. The topological polar surface area (TPSA) is 92.7 Å². The standard InChI is InChI=1S/C26H23ClF2N4O4S2/c1-37-22-7-5-19(27)24-23(22)31-26(38-24)33(15-16-3-2-10-30-14-16)25(34)17-8-11-32(12-9-17)39(35,36)18-4-6-20(28)21(29)13-18/h2-7,10,13-14,17H,8-9,11-12,15H2,1H3. The van der Waals surface area contributed by atoms with Crippen LogP contribution in [0.25, 0.3) is 10.2 Å². The Kier molecular flexibility index (Phi) is 7.81. The van der Waals surface area contributed by atoms with Gasteiger partial charge in [0.15, 0.2) is 16.8 Å². The smallest absolute Gasteiger partial charge is 0.243 e. The summed E-state index contributed by atoms with van der Waals surface area (Å²) in [6.07, 6.45) is 3.81. The van der Waals surface area contributed by atoms with Gasteiger partial charge in [-0.2, -0.15) is 4.31 Å². The minimum absolute atomic E-state index is 0.0535. The normalized spacial score (nSPS) is 15.0. The first-order valence-corrected chi connectivity index (χ1v) is 14.6. The Hall–Kier alpha value is -3.19. The van der Waals surface area contributed by atoms with E-state index in [2.05, 4.69) is 9.97 Å². The molecule has 0 saturated carbocycles. The van der Waals surface area contributed by atoms with Gasteiger partial charge in [-0.05, 0) is 54.8 Å². The summed E-state index contributed by atoms with van der Waals surface area (Å²) >= 11 is 7.68. The molecule has 0 aliphatic carbocycles. The summed E-state index contributed by atoms with van der Waals surface area (Å²) in [5.74, 6) is -2.53. The van der Waals surface area contributed by atoms with E-state index in [1.165, 1.54) is 22.8 Å². The van der Waals surface area contributed by atoms with E-state index >= 15 is 0 Å². The number of halogens is 3. The molecule has 4 aromatic rings.